The molecule has 5 rings (SSSR count). The van der Waals surface area contributed by atoms with Crippen molar-refractivity contribution < 1.29 is 0 Å². The highest BCUT2D eigenvalue weighted by Gasteiger charge is 2.38. The van der Waals surface area contributed by atoms with Crippen molar-refractivity contribution in [2.45, 2.75) is 44.6 Å². The topological polar surface area (TPSA) is 44.0 Å². The van der Waals surface area contributed by atoms with Gasteiger partial charge in [0.15, 0.2) is 0 Å². The Bertz CT molecular complexity index is 1200. The number of nitrogens with one attached hydrogen (secondary N) is 2. The zero-order chi connectivity index (χ0) is 24.8. The predicted octanol–water partition coefficient (Wildman–Crippen LogP) is 7.77. The van der Waals surface area contributed by atoms with E-state index in [0.29, 0.717) is 5.92 Å². The van der Waals surface area contributed by atoms with Crippen LogP contribution < -0.4 is 5.32 Å². The number of aromatic amines is 1. The summed E-state index contributed by atoms with van der Waals surface area (Å²) in [5.74, 6) is 0.398. The maximum absolute atomic E-state index is 4.98. The highest BCUT2D eigenvalue weighted by molar-refractivity contribution is 5.86. The summed E-state index contributed by atoms with van der Waals surface area (Å²) in [6.07, 6.45) is 5.18. The molecule has 7 heteroatoms. The summed E-state index contributed by atoms with van der Waals surface area (Å²) in [7, 11) is 0. The van der Waals surface area contributed by atoms with Crippen LogP contribution >= 0.6 is 37.2 Å². The van der Waals surface area contributed by atoms with Crippen LogP contribution in [0.2, 0.25) is 0 Å². The molecule has 210 valence electrons. The average molecular weight is 588 g/mol. The highest BCUT2D eigenvalue weighted by Crippen LogP contribution is 2.40. The monoisotopic (exact) mass is 586 g/mol. The van der Waals surface area contributed by atoms with Crippen molar-refractivity contribution in [3.63, 3.8) is 0 Å². The third kappa shape index (κ3) is 7.45. The fourth-order valence-corrected chi connectivity index (χ4v) is 5.89. The standard InChI is InChI=1S/C32H38N4.3ClH/c1-25-12-9-10-17-28(25)30-31(35-24-34-30)32(2,36-22-20-33-21-23-36)19-11-18-29(26-13-5-3-6-14-26)27-15-7-4-8-16-27;;;/h3-10,12-17,24,29,33H,11,18-23H2,1-2H3,(H,34,35);3*1H. The van der Waals surface area contributed by atoms with E-state index in [1.54, 1.807) is 0 Å². The number of aryl methyl sites for hydroxylation is 1. The molecule has 1 aliphatic heterocycles. The van der Waals surface area contributed by atoms with E-state index in [9.17, 15) is 0 Å². The maximum atomic E-state index is 4.98. The van der Waals surface area contributed by atoms with E-state index < -0.39 is 0 Å². The maximum Gasteiger partial charge on any atom is 0.0928 e. The van der Waals surface area contributed by atoms with Gasteiger partial charge in [0.05, 0.1) is 23.3 Å². The van der Waals surface area contributed by atoms with E-state index in [4.69, 9.17) is 4.98 Å². The second-order valence-corrected chi connectivity index (χ2v) is 10.2. The first-order valence-electron chi connectivity index (χ1n) is 13.3. The summed E-state index contributed by atoms with van der Waals surface area (Å²) in [6.45, 7) is 8.73. The minimum atomic E-state index is -0.141. The number of imidazole rings is 1. The van der Waals surface area contributed by atoms with Crippen LogP contribution in [0.15, 0.2) is 91.3 Å². The molecule has 1 fully saturated rings. The van der Waals surface area contributed by atoms with Crippen molar-refractivity contribution in [2.24, 2.45) is 0 Å². The van der Waals surface area contributed by atoms with Crippen molar-refractivity contribution >= 4 is 37.2 Å². The number of halogens is 3. The van der Waals surface area contributed by atoms with E-state index in [1.807, 2.05) is 6.33 Å². The number of nitrogens with zero attached hydrogens (tertiary/aromatic N) is 2. The van der Waals surface area contributed by atoms with Gasteiger partial charge in [0.2, 0.25) is 0 Å². The Morgan fingerprint density at radius 3 is 1.97 bits per heavy atom. The smallest absolute Gasteiger partial charge is 0.0928 e. The summed E-state index contributed by atoms with van der Waals surface area (Å²) in [4.78, 5) is 11.1. The van der Waals surface area contributed by atoms with Gasteiger partial charge in [-0.15, -0.1) is 37.2 Å². The Labute approximate surface area is 252 Å². The Morgan fingerprint density at radius 1 is 0.821 bits per heavy atom. The summed E-state index contributed by atoms with van der Waals surface area (Å²) < 4.78 is 0. The molecule has 2 N–H and O–H groups in total. The number of aromatic nitrogens is 2. The quantitative estimate of drug-likeness (QED) is 0.210. The van der Waals surface area contributed by atoms with Crippen molar-refractivity contribution in [1.29, 1.82) is 0 Å². The molecule has 1 unspecified atom stereocenters. The summed E-state index contributed by atoms with van der Waals surface area (Å²) in [6, 6.07) is 30.6. The summed E-state index contributed by atoms with van der Waals surface area (Å²) >= 11 is 0. The molecule has 1 saturated heterocycles. The molecular formula is C32H41Cl3N4. The van der Waals surface area contributed by atoms with Crippen LogP contribution in [0.25, 0.3) is 11.3 Å². The first kappa shape index (κ1) is 32.9. The largest absolute Gasteiger partial charge is 0.344 e. The lowest BCUT2D eigenvalue weighted by Crippen LogP contribution is -2.53. The van der Waals surface area contributed by atoms with E-state index >= 15 is 0 Å². The Balaban J connectivity index is 0.00000178. The normalized spacial score (nSPS) is 14.9. The van der Waals surface area contributed by atoms with Crippen LogP contribution in [0.5, 0.6) is 0 Å². The van der Waals surface area contributed by atoms with Gasteiger partial charge < -0.3 is 10.3 Å². The van der Waals surface area contributed by atoms with Gasteiger partial charge >= 0.3 is 0 Å². The van der Waals surface area contributed by atoms with Gasteiger partial charge in [0.25, 0.3) is 0 Å². The molecule has 1 aromatic heterocycles. The zero-order valence-electron chi connectivity index (χ0n) is 22.8. The number of piperazine rings is 1. The molecule has 0 saturated carbocycles. The van der Waals surface area contributed by atoms with Crippen LogP contribution in [0, 0.1) is 6.92 Å². The molecule has 39 heavy (non-hydrogen) atoms. The van der Waals surface area contributed by atoms with Crippen molar-refractivity contribution in [1.82, 2.24) is 20.2 Å². The number of rotatable bonds is 9. The molecule has 1 atom stereocenters. The van der Waals surface area contributed by atoms with Gasteiger partial charge in [-0.1, -0.05) is 91.3 Å². The third-order valence-corrected chi connectivity index (χ3v) is 7.94. The highest BCUT2D eigenvalue weighted by atomic mass is 35.5. The Kier molecular flexibility index (Phi) is 13.0. The minimum absolute atomic E-state index is 0. The second-order valence-electron chi connectivity index (χ2n) is 10.2. The van der Waals surface area contributed by atoms with E-state index in [2.05, 4.69) is 114 Å². The van der Waals surface area contributed by atoms with Crippen molar-refractivity contribution in [3.05, 3.63) is 114 Å². The van der Waals surface area contributed by atoms with Gasteiger partial charge in [0, 0.05) is 37.7 Å². The number of H-pyrrole nitrogens is 1. The van der Waals surface area contributed by atoms with E-state index in [-0.39, 0.29) is 42.8 Å². The van der Waals surface area contributed by atoms with Crippen LogP contribution in [0.1, 0.15) is 54.5 Å². The van der Waals surface area contributed by atoms with Gasteiger partial charge in [-0.3, -0.25) is 4.90 Å². The fraction of sp³-hybridized carbons (Fsp3) is 0.344. The van der Waals surface area contributed by atoms with Gasteiger partial charge in [0.1, 0.15) is 0 Å². The first-order valence-corrected chi connectivity index (χ1v) is 13.3. The van der Waals surface area contributed by atoms with E-state index in [1.165, 1.54) is 27.9 Å². The molecular weight excluding hydrogens is 547 g/mol. The Morgan fingerprint density at radius 2 is 1.38 bits per heavy atom. The minimum Gasteiger partial charge on any atom is -0.344 e. The molecule has 0 aliphatic carbocycles. The van der Waals surface area contributed by atoms with Gasteiger partial charge in [-0.25, -0.2) is 4.98 Å². The molecule has 4 aromatic rings. The average Bonchev–Trinajstić information content (AvgIpc) is 3.43. The predicted molar refractivity (Wildman–Crippen MR) is 171 cm³/mol. The van der Waals surface area contributed by atoms with Crippen LogP contribution in [-0.4, -0.2) is 41.0 Å². The molecule has 1 aliphatic rings. The fourth-order valence-electron chi connectivity index (χ4n) is 5.89. The molecule has 0 radical (unpaired) electrons. The van der Waals surface area contributed by atoms with Crippen molar-refractivity contribution in [2.75, 3.05) is 26.2 Å². The number of hydrogen-bond acceptors (Lipinski definition) is 3. The lowest BCUT2D eigenvalue weighted by Gasteiger charge is -2.43. The molecule has 0 spiro atoms. The first-order chi connectivity index (χ1) is 17.7. The summed E-state index contributed by atoms with van der Waals surface area (Å²) in [5, 5.41) is 3.53. The molecule has 3 aromatic carbocycles. The summed E-state index contributed by atoms with van der Waals surface area (Å²) in [5.41, 5.74) is 7.52. The molecule has 0 amide bonds. The molecule has 0 bridgehead atoms. The lowest BCUT2D eigenvalue weighted by atomic mass is 9.81. The number of benzene rings is 3. The van der Waals surface area contributed by atoms with Crippen molar-refractivity contribution in [3.8, 4) is 11.3 Å². The van der Waals surface area contributed by atoms with Gasteiger partial charge in [-0.05, 0) is 43.4 Å². The third-order valence-electron chi connectivity index (χ3n) is 7.94. The molecule has 2 heterocycles. The Hall–Kier alpha value is -2.34. The van der Waals surface area contributed by atoms with Crippen LogP contribution in [0.4, 0.5) is 0 Å². The molecule has 4 nitrogen and oxygen atoms in total. The lowest BCUT2D eigenvalue weighted by molar-refractivity contribution is 0.0725. The zero-order valence-corrected chi connectivity index (χ0v) is 25.3. The SMILES string of the molecule is Cc1ccccc1-c1[nH]cnc1C(C)(CCCC(c1ccccc1)c1ccccc1)N1CCNCC1.Cl.Cl.Cl. The van der Waals surface area contributed by atoms with Gasteiger partial charge in [-0.2, -0.15) is 0 Å². The van der Waals surface area contributed by atoms with Crippen LogP contribution in [-0.2, 0) is 5.54 Å². The van der Waals surface area contributed by atoms with E-state index in [0.717, 1.165) is 51.1 Å². The number of hydrogen-bond donors (Lipinski definition) is 2. The second kappa shape index (κ2) is 15.4. The van der Waals surface area contributed by atoms with Crippen LogP contribution in [0.3, 0.4) is 0 Å².